The molecule has 1 unspecified atom stereocenters. The molecular formula is C15H18N4O. The topological polar surface area (TPSA) is 61.0 Å². The Morgan fingerprint density at radius 2 is 2.10 bits per heavy atom. The van der Waals surface area contributed by atoms with Crippen LogP contribution in [0.1, 0.15) is 29.8 Å². The van der Waals surface area contributed by atoms with Crippen LogP contribution >= 0.6 is 0 Å². The van der Waals surface area contributed by atoms with E-state index in [9.17, 15) is 4.79 Å². The second-order valence-electron chi connectivity index (χ2n) is 5.82. The van der Waals surface area contributed by atoms with Gasteiger partial charge in [0, 0.05) is 18.5 Å². The Bertz CT molecular complexity index is 642. The van der Waals surface area contributed by atoms with Gasteiger partial charge in [-0.25, -0.2) is 0 Å². The number of nitrogens with one attached hydrogen (secondary N) is 2. The van der Waals surface area contributed by atoms with Crippen LogP contribution in [0.15, 0.2) is 24.3 Å². The standard InChI is InChI=1S/C15H18N4O/c20-15(14-11-3-1-2-4-12(11)17-18-14)16-13-9-10-5-7-19(13)8-6-10/h1-4,10,13H,5-9H2,(H,16,20)(H,17,18). The Morgan fingerprint density at radius 3 is 2.85 bits per heavy atom. The first-order valence-electron chi connectivity index (χ1n) is 7.29. The number of rotatable bonds is 2. The SMILES string of the molecule is O=C(NC1CC2CCN1CC2)c1n[nH]c2ccccc12. The van der Waals surface area contributed by atoms with Gasteiger partial charge in [-0.2, -0.15) is 5.10 Å². The van der Waals surface area contributed by atoms with Crippen molar-refractivity contribution in [3.8, 4) is 0 Å². The monoisotopic (exact) mass is 270 g/mol. The average molecular weight is 270 g/mol. The molecule has 4 heterocycles. The molecule has 1 amide bonds. The molecule has 0 radical (unpaired) electrons. The maximum atomic E-state index is 12.4. The molecule has 0 aliphatic carbocycles. The first kappa shape index (κ1) is 11.9. The summed E-state index contributed by atoms with van der Waals surface area (Å²) in [6, 6.07) is 7.74. The molecule has 3 aliphatic heterocycles. The minimum atomic E-state index is -0.0694. The molecule has 5 rings (SSSR count). The second kappa shape index (κ2) is 4.59. The summed E-state index contributed by atoms with van der Waals surface area (Å²) < 4.78 is 0. The van der Waals surface area contributed by atoms with E-state index < -0.39 is 0 Å². The van der Waals surface area contributed by atoms with Gasteiger partial charge in [-0.15, -0.1) is 0 Å². The van der Waals surface area contributed by atoms with Crippen LogP contribution in [0.2, 0.25) is 0 Å². The molecule has 0 spiro atoms. The molecule has 0 saturated carbocycles. The summed E-state index contributed by atoms with van der Waals surface area (Å²) in [5.41, 5.74) is 1.41. The molecule has 2 N–H and O–H groups in total. The van der Waals surface area contributed by atoms with Crippen molar-refractivity contribution < 1.29 is 4.79 Å². The number of benzene rings is 1. The summed E-state index contributed by atoms with van der Waals surface area (Å²) in [5.74, 6) is 0.709. The van der Waals surface area contributed by atoms with E-state index in [1.165, 1.54) is 12.8 Å². The number of para-hydroxylation sites is 1. The number of H-pyrrole nitrogens is 1. The number of aromatic amines is 1. The number of hydrogen-bond donors (Lipinski definition) is 2. The van der Waals surface area contributed by atoms with E-state index in [4.69, 9.17) is 0 Å². The van der Waals surface area contributed by atoms with Gasteiger partial charge >= 0.3 is 0 Å². The molecule has 104 valence electrons. The number of hydrogen-bond acceptors (Lipinski definition) is 3. The Balaban J connectivity index is 1.56. The molecule has 2 bridgehead atoms. The number of carbonyl (C=O) groups is 1. The van der Waals surface area contributed by atoms with Crippen molar-refractivity contribution in [2.24, 2.45) is 5.92 Å². The van der Waals surface area contributed by atoms with Crippen molar-refractivity contribution in [2.45, 2.75) is 25.4 Å². The summed E-state index contributed by atoms with van der Waals surface area (Å²) in [5, 5.41) is 11.1. The molecule has 5 heteroatoms. The van der Waals surface area contributed by atoms with E-state index >= 15 is 0 Å². The third kappa shape index (κ3) is 1.89. The van der Waals surface area contributed by atoms with Gasteiger partial charge in [0.1, 0.15) is 0 Å². The van der Waals surface area contributed by atoms with Crippen LogP contribution in [-0.2, 0) is 0 Å². The van der Waals surface area contributed by atoms with Crippen molar-refractivity contribution in [3.63, 3.8) is 0 Å². The zero-order valence-electron chi connectivity index (χ0n) is 11.3. The van der Waals surface area contributed by atoms with E-state index in [1.54, 1.807) is 0 Å². The molecule has 1 aromatic heterocycles. The maximum absolute atomic E-state index is 12.4. The fourth-order valence-electron chi connectivity index (χ4n) is 3.47. The quantitative estimate of drug-likeness (QED) is 0.873. The summed E-state index contributed by atoms with van der Waals surface area (Å²) in [7, 11) is 0. The van der Waals surface area contributed by atoms with Crippen LogP contribution in [0.5, 0.6) is 0 Å². The molecule has 20 heavy (non-hydrogen) atoms. The summed E-state index contributed by atoms with van der Waals surface area (Å²) in [6.07, 6.45) is 3.81. The van der Waals surface area contributed by atoms with Crippen LogP contribution in [0.3, 0.4) is 0 Å². The lowest BCUT2D eigenvalue weighted by Crippen LogP contribution is -2.56. The Hall–Kier alpha value is -1.88. The van der Waals surface area contributed by atoms with Gasteiger partial charge < -0.3 is 5.32 Å². The molecule has 1 aromatic carbocycles. The Morgan fingerprint density at radius 1 is 1.30 bits per heavy atom. The number of amides is 1. The van der Waals surface area contributed by atoms with Crippen molar-refractivity contribution in [1.29, 1.82) is 0 Å². The lowest BCUT2D eigenvalue weighted by Gasteiger charge is -2.45. The van der Waals surface area contributed by atoms with Crippen LogP contribution in [0, 0.1) is 5.92 Å². The van der Waals surface area contributed by atoms with E-state index in [0.717, 1.165) is 36.3 Å². The smallest absolute Gasteiger partial charge is 0.273 e. The third-order valence-electron chi connectivity index (χ3n) is 4.63. The Labute approximate surface area is 117 Å². The number of carbonyl (C=O) groups excluding carboxylic acids is 1. The summed E-state index contributed by atoms with van der Waals surface area (Å²) in [4.78, 5) is 14.8. The second-order valence-corrected chi connectivity index (χ2v) is 5.82. The van der Waals surface area contributed by atoms with Crippen LogP contribution in [-0.4, -0.2) is 40.3 Å². The van der Waals surface area contributed by atoms with Gasteiger partial charge in [0.05, 0.1) is 11.7 Å². The minimum absolute atomic E-state index is 0.0694. The summed E-state index contributed by atoms with van der Waals surface area (Å²) in [6.45, 7) is 2.22. The first-order chi connectivity index (χ1) is 9.81. The molecule has 3 fully saturated rings. The highest BCUT2D eigenvalue weighted by molar-refractivity contribution is 6.04. The highest BCUT2D eigenvalue weighted by atomic mass is 16.2. The molecular weight excluding hydrogens is 252 g/mol. The lowest BCUT2D eigenvalue weighted by atomic mass is 9.86. The summed E-state index contributed by atoms with van der Waals surface area (Å²) >= 11 is 0. The van der Waals surface area contributed by atoms with Gasteiger partial charge in [0.2, 0.25) is 0 Å². The number of aromatic nitrogens is 2. The predicted octanol–water partition coefficient (Wildman–Crippen LogP) is 1.73. The van der Waals surface area contributed by atoms with Gasteiger partial charge in [0.15, 0.2) is 5.69 Å². The zero-order chi connectivity index (χ0) is 13.5. The fraction of sp³-hybridized carbons (Fsp3) is 0.467. The minimum Gasteiger partial charge on any atom is -0.335 e. The van der Waals surface area contributed by atoms with Gasteiger partial charge in [-0.3, -0.25) is 14.8 Å². The first-order valence-corrected chi connectivity index (χ1v) is 7.29. The number of piperidine rings is 3. The molecule has 5 nitrogen and oxygen atoms in total. The predicted molar refractivity (Wildman–Crippen MR) is 76.3 cm³/mol. The van der Waals surface area contributed by atoms with E-state index in [2.05, 4.69) is 20.4 Å². The van der Waals surface area contributed by atoms with Crippen molar-refractivity contribution in [2.75, 3.05) is 13.1 Å². The maximum Gasteiger partial charge on any atom is 0.273 e. The van der Waals surface area contributed by atoms with Crippen molar-refractivity contribution in [1.82, 2.24) is 20.4 Å². The van der Waals surface area contributed by atoms with E-state index in [0.29, 0.717) is 5.69 Å². The van der Waals surface area contributed by atoms with Crippen LogP contribution in [0.4, 0.5) is 0 Å². The van der Waals surface area contributed by atoms with Gasteiger partial charge in [-0.1, -0.05) is 18.2 Å². The highest BCUT2D eigenvalue weighted by Crippen LogP contribution is 2.30. The van der Waals surface area contributed by atoms with Crippen molar-refractivity contribution in [3.05, 3.63) is 30.0 Å². The van der Waals surface area contributed by atoms with E-state index in [1.807, 2.05) is 24.3 Å². The molecule has 2 aromatic rings. The lowest BCUT2D eigenvalue weighted by molar-refractivity contribution is 0.0294. The van der Waals surface area contributed by atoms with Gasteiger partial charge in [-0.05, 0) is 31.2 Å². The van der Waals surface area contributed by atoms with Crippen LogP contribution in [0.25, 0.3) is 10.9 Å². The molecule has 3 saturated heterocycles. The normalized spacial score (nSPS) is 28.7. The zero-order valence-corrected chi connectivity index (χ0v) is 11.3. The fourth-order valence-corrected chi connectivity index (χ4v) is 3.47. The highest BCUT2D eigenvalue weighted by Gasteiger charge is 2.34. The molecule has 3 aliphatic rings. The number of nitrogens with zero attached hydrogens (tertiary/aromatic N) is 2. The third-order valence-corrected chi connectivity index (χ3v) is 4.63. The Kier molecular flexibility index (Phi) is 2.73. The number of fused-ring (bicyclic) bond motifs is 4. The van der Waals surface area contributed by atoms with Crippen LogP contribution < -0.4 is 5.32 Å². The van der Waals surface area contributed by atoms with E-state index in [-0.39, 0.29) is 12.1 Å². The van der Waals surface area contributed by atoms with Gasteiger partial charge in [0.25, 0.3) is 5.91 Å². The van der Waals surface area contributed by atoms with Crippen molar-refractivity contribution >= 4 is 16.8 Å². The molecule has 1 atom stereocenters. The largest absolute Gasteiger partial charge is 0.335 e. The average Bonchev–Trinajstić information content (AvgIpc) is 2.92.